The minimum absolute atomic E-state index is 0.0427. The van der Waals surface area contributed by atoms with E-state index in [9.17, 15) is 19.6 Å². The number of ether oxygens (including phenoxy) is 3. The average molecular weight is 640 g/mol. The molecule has 1 saturated heterocycles. The number of fused-ring (bicyclic) bond motifs is 8. The van der Waals surface area contributed by atoms with Gasteiger partial charge in [0, 0.05) is 29.7 Å². The number of carboxylic acid groups (broad SMARTS) is 1. The van der Waals surface area contributed by atoms with Crippen LogP contribution in [0.1, 0.15) is 27.2 Å². The number of nitriles is 1. The highest BCUT2D eigenvalue weighted by atomic mass is 16.5. The summed E-state index contributed by atoms with van der Waals surface area (Å²) in [5, 5.41) is 23.3. The number of nitrogens with one attached hydrogen (secondary N) is 2. The number of carbonyl (C=O) groups is 4. The maximum absolute atomic E-state index is 13.7. The van der Waals surface area contributed by atoms with E-state index in [0.29, 0.717) is 29.2 Å². The fourth-order valence-electron chi connectivity index (χ4n) is 5.68. The lowest BCUT2D eigenvalue weighted by Gasteiger charge is -2.21. The van der Waals surface area contributed by atoms with E-state index < -0.39 is 12.1 Å². The van der Waals surface area contributed by atoms with Crippen LogP contribution in [0.2, 0.25) is 0 Å². The lowest BCUT2D eigenvalue weighted by Crippen LogP contribution is -2.45. The third-order valence-electron chi connectivity index (χ3n) is 8.06. The van der Waals surface area contributed by atoms with Crippen LogP contribution < -0.4 is 24.8 Å². The highest BCUT2D eigenvalue weighted by Gasteiger charge is 2.38. The molecule has 3 aromatic carbocycles. The molecule has 13 heteroatoms. The van der Waals surface area contributed by atoms with Gasteiger partial charge in [-0.3, -0.25) is 19.2 Å². The van der Waals surface area contributed by atoms with Gasteiger partial charge in [-0.05, 0) is 48.9 Å². The Morgan fingerprint density at radius 3 is 2.60 bits per heavy atom. The van der Waals surface area contributed by atoms with Gasteiger partial charge in [-0.1, -0.05) is 30.3 Å². The second-order valence-electron chi connectivity index (χ2n) is 10.9. The van der Waals surface area contributed by atoms with E-state index in [4.69, 9.17) is 24.1 Å². The normalized spacial score (nSPS) is 17.4. The van der Waals surface area contributed by atoms with E-state index in [1.165, 1.54) is 13.2 Å². The third kappa shape index (κ3) is 7.12. The van der Waals surface area contributed by atoms with E-state index >= 15 is 0 Å². The van der Waals surface area contributed by atoms with Crippen molar-refractivity contribution in [2.24, 2.45) is 0 Å². The predicted molar refractivity (Wildman–Crippen MR) is 169 cm³/mol. The molecule has 3 N–H and O–H groups in total. The van der Waals surface area contributed by atoms with Crippen LogP contribution in [0.3, 0.4) is 0 Å². The molecule has 0 radical (unpaired) electrons. The van der Waals surface area contributed by atoms with Gasteiger partial charge in [0.25, 0.3) is 18.3 Å². The van der Waals surface area contributed by atoms with Gasteiger partial charge >= 0.3 is 0 Å². The molecular weight excluding hydrogens is 606 g/mol. The molecule has 0 aliphatic carbocycles. The number of para-hydroxylation sites is 1. The largest absolute Gasteiger partial charge is 0.493 e. The molecule has 47 heavy (non-hydrogen) atoms. The van der Waals surface area contributed by atoms with E-state index in [-0.39, 0.29) is 56.2 Å². The Hall–Kier alpha value is -6.03. The Balaban J connectivity index is 0.00000139. The number of likely N-dealkylation sites (tertiary alicyclic amines) is 1. The molecule has 4 bridgehead atoms. The number of aromatic nitrogens is 1. The number of hydrogen-bond donors (Lipinski definition) is 3. The molecule has 4 aromatic rings. The lowest BCUT2D eigenvalue weighted by molar-refractivity contribution is -0.131. The van der Waals surface area contributed by atoms with Crippen molar-refractivity contribution in [1.82, 2.24) is 20.1 Å². The van der Waals surface area contributed by atoms with Crippen molar-refractivity contribution < 1.29 is 38.5 Å². The van der Waals surface area contributed by atoms with Gasteiger partial charge in [0.2, 0.25) is 5.91 Å². The second kappa shape index (κ2) is 14.4. The fourth-order valence-corrected chi connectivity index (χ4v) is 5.68. The number of methoxy groups -OCH3 is 1. The minimum atomic E-state index is -0.532. The molecule has 0 spiro atoms. The summed E-state index contributed by atoms with van der Waals surface area (Å²) < 4.78 is 19.3. The molecule has 3 amide bonds. The first-order valence-electron chi connectivity index (χ1n) is 14.7. The summed E-state index contributed by atoms with van der Waals surface area (Å²) in [5.41, 5.74) is 3.26. The van der Waals surface area contributed by atoms with Crippen molar-refractivity contribution in [2.75, 3.05) is 26.8 Å². The Labute approximate surface area is 270 Å². The minimum Gasteiger partial charge on any atom is -0.493 e. The summed E-state index contributed by atoms with van der Waals surface area (Å²) in [6, 6.07) is 21.3. The number of amides is 3. The number of hydrogen-bond acceptors (Lipinski definition) is 8. The SMILES string of the molecule is COc1ccc2cc1OCC(=O)NCc1ccc(cc1)O[C@H]1CN(C(=O)Cn3c(C)c(C#N)c4ccccc43)C[C@@H]1NC2=O.O=CO. The summed E-state index contributed by atoms with van der Waals surface area (Å²) in [6.07, 6.45) is -0.532. The van der Waals surface area contributed by atoms with Gasteiger partial charge in [0.05, 0.1) is 30.8 Å². The lowest BCUT2D eigenvalue weighted by atomic mass is 10.1. The average Bonchev–Trinajstić information content (AvgIpc) is 3.60. The van der Waals surface area contributed by atoms with Crippen LogP contribution in [-0.4, -0.2) is 77.7 Å². The number of benzene rings is 3. The smallest absolute Gasteiger partial charge is 0.290 e. The first-order valence-corrected chi connectivity index (χ1v) is 14.7. The molecule has 1 fully saturated rings. The molecule has 242 valence electrons. The van der Waals surface area contributed by atoms with Crippen LogP contribution in [0.25, 0.3) is 10.9 Å². The molecule has 13 nitrogen and oxygen atoms in total. The first kappa shape index (κ1) is 32.4. The Bertz CT molecular complexity index is 1850. The Morgan fingerprint density at radius 2 is 1.87 bits per heavy atom. The predicted octanol–water partition coefficient (Wildman–Crippen LogP) is 2.63. The quantitative estimate of drug-likeness (QED) is 0.285. The molecule has 2 atom stereocenters. The Kier molecular flexibility index (Phi) is 9.90. The zero-order chi connectivity index (χ0) is 33.5. The summed E-state index contributed by atoms with van der Waals surface area (Å²) in [6.45, 7) is 2.16. The zero-order valence-corrected chi connectivity index (χ0v) is 25.8. The molecule has 1 aromatic heterocycles. The third-order valence-corrected chi connectivity index (χ3v) is 8.06. The molecule has 0 saturated carbocycles. The maximum atomic E-state index is 13.7. The van der Waals surface area contributed by atoms with Crippen molar-refractivity contribution >= 4 is 35.1 Å². The molecule has 0 unspecified atom stereocenters. The summed E-state index contributed by atoms with van der Waals surface area (Å²) >= 11 is 0. The van der Waals surface area contributed by atoms with Crippen molar-refractivity contribution in [3.63, 3.8) is 0 Å². The van der Waals surface area contributed by atoms with Crippen LogP contribution in [0.15, 0.2) is 66.7 Å². The zero-order valence-electron chi connectivity index (χ0n) is 25.8. The van der Waals surface area contributed by atoms with E-state index in [0.717, 1.165) is 22.2 Å². The van der Waals surface area contributed by atoms with Crippen LogP contribution in [0.5, 0.6) is 17.2 Å². The topological polar surface area (TPSA) is 172 Å². The number of carbonyl (C=O) groups excluding carboxylic acids is 3. The van der Waals surface area contributed by atoms with Crippen LogP contribution in [-0.2, 0) is 27.5 Å². The molecule has 4 heterocycles. The fraction of sp³-hybridized carbons (Fsp3) is 0.265. The van der Waals surface area contributed by atoms with Gasteiger partial charge < -0.3 is 39.4 Å². The standard InChI is InChI=1S/C33H31N5O6.CH2O2/c1-20-25(14-34)24-5-3-4-6-27(24)38(20)18-32(40)37-16-26-30(17-37)44-23-10-7-21(8-11-23)15-35-31(39)19-43-29-13-22(33(41)36-26)9-12-28(29)42-2;2-1-3/h3-13,26,30H,15-19H2,1-2H3,(H,35,39)(H,36,41);1H,(H,2,3)/t26-,30-;/m0./s1. The number of nitrogens with zero attached hydrogens (tertiary/aromatic N) is 3. The Morgan fingerprint density at radius 1 is 1.13 bits per heavy atom. The van der Waals surface area contributed by atoms with Crippen molar-refractivity contribution in [1.29, 1.82) is 5.26 Å². The molecular formula is C34H33N5O8. The highest BCUT2D eigenvalue weighted by molar-refractivity contribution is 5.95. The maximum Gasteiger partial charge on any atom is 0.290 e. The van der Waals surface area contributed by atoms with Crippen LogP contribution in [0.4, 0.5) is 0 Å². The molecule has 7 rings (SSSR count). The first-order chi connectivity index (χ1) is 22.8. The molecule has 3 aliphatic rings. The van der Waals surface area contributed by atoms with Gasteiger partial charge in [-0.2, -0.15) is 5.26 Å². The van der Waals surface area contributed by atoms with Gasteiger partial charge in [0.1, 0.15) is 24.5 Å². The summed E-state index contributed by atoms with van der Waals surface area (Å²) in [5.74, 6) is 0.346. The van der Waals surface area contributed by atoms with Crippen molar-refractivity contribution in [2.45, 2.75) is 32.2 Å². The van der Waals surface area contributed by atoms with Crippen molar-refractivity contribution in [3.8, 4) is 23.3 Å². The van der Waals surface area contributed by atoms with Crippen LogP contribution in [0, 0.1) is 18.3 Å². The van der Waals surface area contributed by atoms with Gasteiger partial charge in [-0.25, -0.2) is 0 Å². The highest BCUT2D eigenvalue weighted by Crippen LogP contribution is 2.29. The van der Waals surface area contributed by atoms with E-state index in [1.807, 2.05) is 47.9 Å². The summed E-state index contributed by atoms with van der Waals surface area (Å²) in [4.78, 5) is 49.6. The number of rotatable bonds is 3. The monoisotopic (exact) mass is 639 g/mol. The van der Waals surface area contributed by atoms with E-state index in [2.05, 4.69) is 16.7 Å². The van der Waals surface area contributed by atoms with Crippen molar-refractivity contribution in [3.05, 3.63) is 89.1 Å². The summed E-state index contributed by atoms with van der Waals surface area (Å²) in [7, 11) is 1.48. The van der Waals surface area contributed by atoms with Crippen LogP contribution >= 0.6 is 0 Å². The van der Waals surface area contributed by atoms with Gasteiger partial charge in [-0.15, -0.1) is 0 Å². The van der Waals surface area contributed by atoms with Gasteiger partial charge in [0.15, 0.2) is 18.1 Å². The second-order valence-corrected chi connectivity index (χ2v) is 10.9. The molecule has 3 aliphatic heterocycles. The van der Waals surface area contributed by atoms with E-state index in [1.54, 1.807) is 29.2 Å².